The van der Waals surface area contributed by atoms with E-state index in [-0.39, 0.29) is 23.2 Å². The number of hydrogen-bond acceptors (Lipinski definition) is 3. The minimum atomic E-state index is -0.536. The number of aromatic amines is 1. The lowest BCUT2D eigenvalue weighted by Crippen LogP contribution is -2.28. The van der Waals surface area contributed by atoms with Crippen LogP contribution in [0.3, 0.4) is 0 Å². The SMILES string of the molecule is CC[C@H](CNC(=O)c1cc([N+](=O)[O-])c[nH]1)c1ccccc1. The predicted octanol–water partition coefficient (Wildman–Crippen LogP) is 2.85. The van der Waals surface area contributed by atoms with Crippen molar-refractivity contribution in [3.63, 3.8) is 0 Å². The van der Waals surface area contributed by atoms with Gasteiger partial charge in [0.25, 0.3) is 11.6 Å². The molecule has 21 heavy (non-hydrogen) atoms. The molecule has 6 nitrogen and oxygen atoms in total. The molecule has 110 valence electrons. The Kier molecular flexibility index (Phi) is 4.71. The molecular formula is C15H17N3O3. The van der Waals surface area contributed by atoms with Crippen LogP contribution >= 0.6 is 0 Å². The van der Waals surface area contributed by atoms with Crippen LogP contribution in [0.5, 0.6) is 0 Å². The number of carbonyl (C=O) groups is 1. The molecule has 0 saturated carbocycles. The molecule has 1 aromatic carbocycles. The minimum absolute atomic E-state index is 0.116. The van der Waals surface area contributed by atoms with Gasteiger partial charge in [-0.15, -0.1) is 0 Å². The number of nitro groups is 1. The molecule has 2 N–H and O–H groups in total. The van der Waals surface area contributed by atoms with Crippen LogP contribution < -0.4 is 5.32 Å². The van der Waals surface area contributed by atoms with E-state index in [4.69, 9.17) is 0 Å². The number of nitrogens with one attached hydrogen (secondary N) is 2. The zero-order chi connectivity index (χ0) is 15.2. The summed E-state index contributed by atoms with van der Waals surface area (Å²) in [4.78, 5) is 24.6. The lowest BCUT2D eigenvalue weighted by molar-refractivity contribution is -0.384. The van der Waals surface area contributed by atoms with Crippen molar-refractivity contribution < 1.29 is 9.72 Å². The van der Waals surface area contributed by atoms with Crippen molar-refractivity contribution in [2.45, 2.75) is 19.3 Å². The summed E-state index contributed by atoms with van der Waals surface area (Å²) in [5.74, 6) is -0.113. The molecule has 0 unspecified atom stereocenters. The number of aromatic nitrogens is 1. The zero-order valence-corrected chi connectivity index (χ0v) is 11.7. The second-order valence-corrected chi connectivity index (χ2v) is 4.75. The third-order valence-corrected chi connectivity index (χ3v) is 3.40. The maximum atomic E-state index is 12.0. The van der Waals surface area contributed by atoms with Gasteiger partial charge in [-0.25, -0.2) is 0 Å². The monoisotopic (exact) mass is 287 g/mol. The van der Waals surface area contributed by atoms with Gasteiger partial charge in [0.05, 0.1) is 11.1 Å². The van der Waals surface area contributed by atoms with Gasteiger partial charge >= 0.3 is 0 Å². The van der Waals surface area contributed by atoms with Crippen LogP contribution in [-0.2, 0) is 0 Å². The summed E-state index contributed by atoms with van der Waals surface area (Å²) in [6.07, 6.45) is 2.11. The molecule has 2 aromatic rings. The van der Waals surface area contributed by atoms with E-state index in [9.17, 15) is 14.9 Å². The lowest BCUT2D eigenvalue weighted by Gasteiger charge is -2.15. The van der Waals surface area contributed by atoms with Crippen LogP contribution in [0.1, 0.15) is 35.3 Å². The summed E-state index contributed by atoms with van der Waals surface area (Å²) in [5, 5.41) is 13.4. The van der Waals surface area contributed by atoms with Crippen LogP contribution in [0.2, 0.25) is 0 Å². The molecule has 6 heteroatoms. The normalized spacial score (nSPS) is 11.9. The number of benzene rings is 1. The second kappa shape index (κ2) is 6.69. The molecule has 1 heterocycles. The number of nitrogens with zero attached hydrogens (tertiary/aromatic N) is 1. The van der Waals surface area contributed by atoms with Gasteiger partial charge in [-0.2, -0.15) is 0 Å². The van der Waals surface area contributed by atoms with Gasteiger partial charge in [-0.1, -0.05) is 37.3 Å². The number of amides is 1. The molecular weight excluding hydrogens is 270 g/mol. The van der Waals surface area contributed by atoms with Gasteiger partial charge < -0.3 is 10.3 Å². The van der Waals surface area contributed by atoms with E-state index in [2.05, 4.69) is 17.2 Å². The first-order chi connectivity index (χ1) is 10.1. The smallest absolute Gasteiger partial charge is 0.287 e. The van der Waals surface area contributed by atoms with Crippen molar-refractivity contribution >= 4 is 11.6 Å². The molecule has 0 aliphatic heterocycles. The first kappa shape index (κ1) is 14.8. The van der Waals surface area contributed by atoms with Crippen LogP contribution in [0.4, 0.5) is 5.69 Å². The van der Waals surface area contributed by atoms with Crippen molar-refractivity contribution in [3.8, 4) is 0 Å². The van der Waals surface area contributed by atoms with Gasteiger partial charge in [0.1, 0.15) is 5.69 Å². The predicted molar refractivity (Wildman–Crippen MR) is 79.3 cm³/mol. The maximum Gasteiger partial charge on any atom is 0.287 e. The summed E-state index contributed by atoms with van der Waals surface area (Å²) in [6.45, 7) is 2.55. The van der Waals surface area contributed by atoms with E-state index < -0.39 is 4.92 Å². The number of hydrogen-bond donors (Lipinski definition) is 2. The van der Waals surface area contributed by atoms with Crippen molar-refractivity contribution in [3.05, 3.63) is 64.0 Å². The fourth-order valence-electron chi connectivity index (χ4n) is 2.15. The van der Waals surface area contributed by atoms with Crippen LogP contribution in [0.25, 0.3) is 0 Å². The topological polar surface area (TPSA) is 88.0 Å². The van der Waals surface area contributed by atoms with Gasteiger partial charge in [-0.3, -0.25) is 14.9 Å². The Bertz CT molecular complexity index is 622. The summed E-state index contributed by atoms with van der Waals surface area (Å²) >= 11 is 0. The molecule has 0 saturated heterocycles. The number of rotatable bonds is 6. The van der Waals surface area contributed by atoms with Gasteiger partial charge in [-0.05, 0) is 12.0 Å². The Balaban J connectivity index is 1.97. The van der Waals surface area contributed by atoms with Crippen molar-refractivity contribution in [1.29, 1.82) is 0 Å². The summed E-state index contributed by atoms with van der Waals surface area (Å²) in [5.41, 5.74) is 1.25. The largest absolute Gasteiger partial charge is 0.351 e. The molecule has 1 atom stereocenters. The lowest BCUT2D eigenvalue weighted by atomic mass is 9.96. The average Bonchev–Trinajstić information content (AvgIpc) is 2.99. The van der Waals surface area contributed by atoms with Crippen molar-refractivity contribution in [2.75, 3.05) is 6.54 Å². The molecule has 0 fully saturated rings. The Morgan fingerprint density at radius 3 is 2.67 bits per heavy atom. The van der Waals surface area contributed by atoms with Gasteiger partial charge in [0.15, 0.2) is 0 Å². The van der Waals surface area contributed by atoms with Crippen molar-refractivity contribution in [2.24, 2.45) is 0 Å². The van der Waals surface area contributed by atoms with E-state index in [1.807, 2.05) is 30.3 Å². The highest BCUT2D eigenvalue weighted by Crippen LogP contribution is 2.18. The van der Waals surface area contributed by atoms with E-state index in [1.165, 1.54) is 12.3 Å². The van der Waals surface area contributed by atoms with E-state index in [1.54, 1.807) is 0 Å². The van der Waals surface area contributed by atoms with Crippen LogP contribution in [0, 0.1) is 10.1 Å². The van der Waals surface area contributed by atoms with Crippen LogP contribution in [0.15, 0.2) is 42.6 Å². The van der Waals surface area contributed by atoms with Gasteiger partial charge in [0.2, 0.25) is 0 Å². The zero-order valence-electron chi connectivity index (χ0n) is 11.7. The molecule has 2 rings (SSSR count). The van der Waals surface area contributed by atoms with Gasteiger partial charge in [0, 0.05) is 18.5 Å². The first-order valence-corrected chi connectivity index (χ1v) is 6.77. The summed E-state index contributed by atoms with van der Waals surface area (Å²) < 4.78 is 0. The maximum absolute atomic E-state index is 12.0. The molecule has 0 spiro atoms. The molecule has 0 radical (unpaired) electrons. The second-order valence-electron chi connectivity index (χ2n) is 4.75. The van der Waals surface area contributed by atoms with E-state index in [0.29, 0.717) is 6.54 Å². The Hall–Kier alpha value is -2.63. The highest BCUT2D eigenvalue weighted by atomic mass is 16.6. The Labute approximate surface area is 122 Å². The highest BCUT2D eigenvalue weighted by Gasteiger charge is 2.16. The highest BCUT2D eigenvalue weighted by molar-refractivity contribution is 5.93. The number of carbonyl (C=O) groups excluding carboxylic acids is 1. The quantitative estimate of drug-likeness (QED) is 0.632. The molecule has 0 bridgehead atoms. The third-order valence-electron chi connectivity index (χ3n) is 3.40. The molecule has 1 amide bonds. The van der Waals surface area contributed by atoms with Crippen molar-refractivity contribution in [1.82, 2.24) is 10.3 Å². The summed E-state index contributed by atoms with van der Waals surface area (Å²) in [7, 11) is 0. The molecule has 1 aromatic heterocycles. The molecule has 0 aliphatic carbocycles. The molecule has 0 aliphatic rings. The van der Waals surface area contributed by atoms with Crippen LogP contribution in [-0.4, -0.2) is 22.4 Å². The standard InChI is InChI=1S/C15H17N3O3/c1-2-11(12-6-4-3-5-7-12)9-17-15(19)14-8-13(10-16-14)18(20)21/h3-8,10-11,16H,2,9H2,1H3,(H,17,19)/t11-/m1/s1. The fraction of sp³-hybridized carbons (Fsp3) is 0.267. The van der Waals surface area contributed by atoms with E-state index >= 15 is 0 Å². The third kappa shape index (κ3) is 3.68. The minimum Gasteiger partial charge on any atom is -0.351 e. The number of H-pyrrole nitrogens is 1. The first-order valence-electron chi connectivity index (χ1n) is 6.77. The van der Waals surface area contributed by atoms with E-state index in [0.717, 1.165) is 12.0 Å². The average molecular weight is 287 g/mol. The summed E-state index contributed by atoms with van der Waals surface area (Å²) in [6, 6.07) is 11.2. The fourth-order valence-corrected chi connectivity index (χ4v) is 2.15. The Morgan fingerprint density at radius 1 is 1.38 bits per heavy atom. The Morgan fingerprint density at radius 2 is 2.10 bits per heavy atom.